The molecular weight excluding hydrogens is 336 g/mol. The average molecular weight is 364 g/mol. The van der Waals surface area contributed by atoms with E-state index in [-0.39, 0.29) is 11.8 Å². The van der Waals surface area contributed by atoms with Crippen LogP contribution in [0.5, 0.6) is 0 Å². The van der Waals surface area contributed by atoms with Crippen molar-refractivity contribution in [3.63, 3.8) is 0 Å². The number of amides is 2. The molecule has 0 unspecified atom stereocenters. The van der Waals surface area contributed by atoms with Gasteiger partial charge in [0.25, 0.3) is 0 Å². The van der Waals surface area contributed by atoms with Crippen molar-refractivity contribution in [2.75, 3.05) is 22.9 Å². The number of carbonyl (C=O) groups is 2. The number of hydrogen-bond acceptors (Lipinski definition) is 2. The van der Waals surface area contributed by atoms with E-state index in [4.69, 9.17) is 0 Å². The van der Waals surface area contributed by atoms with Gasteiger partial charge in [0.15, 0.2) is 0 Å². The van der Waals surface area contributed by atoms with Gasteiger partial charge in [0.1, 0.15) is 0 Å². The van der Waals surface area contributed by atoms with Gasteiger partial charge in [-0.25, -0.2) is 0 Å². The third-order valence-corrected chi connectivity index (χ3v) is 5.35. The van der Waals surface area contributed by atoms with Crippen LogP contribution in [0.1, 0.15) is 43.9 Å². The normalized spacial score (nSPS) is 12.8. The van der Waals surface area contributed by atoms with Crippen molar-refractivity contribution < 1.29 is 9.59 Å². The summed E-state index contributed by atoms with van der Waals surface area (Å²) in [4.78, 5) is 28.9. The number of benzene rings is 2. The van der Waals surface area contributed by atoms with E-state index in [0.29, 0.717) is 13.0 Å². The molecule has 4 nitrogen and oxygen atoms in total. The van der Waals surface area contributed by atoms with Crippen molar-refractivity contribution >= 4 is 23.2 Å². The lowest BCUT2D eigenvalue weighted by Crippen LogP contribution is -2.36. The van der Waals surface area contributed by atoms with Crippen LogP contribution < -0.4 is 9.80 Å². The van der Waals surface area contributed by atoms with Crippen molar-refractivity contribution in [1.82, 2.24) is 0 Å². The van der Waals surface area contributed by atoms with E-state index < -0.39 is 0 Å². The zero-order valence-corrected chi connectivity index (χ0v) is 16.5. The summed E-state index contributed by atoms with van der Waals surface area (Å²) in [6.45, 7) is 6.92. The van der Waals surface area contributed by atoms with E-state index in [0.717, 1.165) is 48.3 Å². The van der Waals surface area contributed by atoms with Crippen LogP contribution in [0.15, 0.2) is 42.5 Å². The number of hydrogen-bond donors (Lipinski definition) is 0. The predicted molar refractivity (Wildman–Crippen MR) is 110 cm³/mol. The van der Waals surface area contributed by atoms with Crippen LogP contribution in [-0.2, 0) is 28.9 Å². The van der Waals surface area contributed by atoms with Gasteiger partial charge in [-0.15, -0.1) is 0 Å². The van der Waals surface area contributed by atoms with Gasteiger partial charge in [-0.1, -0.05) is 50.2 Å². The second kappa shape index (κ2) is 8.38. The van der Waals surface area contributed by atoms with Gasteiger partial charge in [-0.3, -0.25) is 9.59 Å². The van der Waals surface area contributed by atoms with Crippen LogP contribution in [0.25, 0.3) is 0 Å². The Morgan fingerprint density at radius 3 is 2.30 bits per heavy atom. The van der Waals surface area contributed by atoms with E-state index in [1.165, 1.54) is 5.56 Å². The highest BCUT2D eigenvalue weighted by molar-refractivity contribution is 5.98. The van der Waals surface area contributed by atoms with Crippen molar-refractivity contribution in [3.8, 4) is 0 Å². The van der Waals surface area contributed by atoms with E-state index >= 15 is 0 Å². The quantitative estimate of drug-likeness (QED) is 0.773. The molecule has 142 valence electrons. The summed E-state index contributed by atoms with van der Waals surface area (Å²) >= 11 is 0. The Balaban J connectivity index is 1.79. The number of carbonyl (C=O) groups excluding carboxylic acids is 2. The van der Waals surface area contributed by atoms with E-state index in [1.807, 2.05) is 29.2 Å². The predicted octanol–water partition coefficient (Wildman–Crippen LogP) is 4.14. The Hall–Kier alpha value is -2.62. The number of anilines is 2. The largest absolute Gasteiger partial charge is 0.312 e. The molecule has 0 spiro atoms. The maximum Gasteiger partial charge on any atom is 0.228 e. The molecule has 0 N–H and O–H groups in total. The fourth-order valence-corrected chi connectivity index (χ4v) is 3.93. The van der Waals surface area contributed by atoms with Crippen LogP contribution in [-0.4, -0.2) is 24.9 Å². The number of fused-ring (bicyclic) bond motifs is 1. The van der Waals surface area contributed by atoms with Gasteiger partial charge in [-0.05, 0) is 42.0 Å². The van der Waals surface area contributed by atoms with Crippen molar-refractivity contribution in [3.05, 3.63) is 59.2 Å². The minimum Gasteiger partial charge on any atom is -0.312 e. The first-order chi connectivity index (χ1) is 13.1. The molecule has 1 heterocycles. The monoisotopic (exact) mass is 364 g/mol. The molecule has 0 bridgehead atoms. The molecule has 0 radical (unpaired) electrons. The third kappa shape index (κ3) is 3.90. The SMILES string of the molecule is CCc1cccc(CC)c1N(CCC(=O)N1CCc2ccccc21)C(C)=O. The first-order valence-electron chi connectivity index (χ1n) is 9.83. The highest BCUT2D eigenvalue weighted by atomic mass is 16.2. The maximum absolute atomic E-state index is 12.9. The minimum atomic E-state index is -0.0137. The van der Waals surface area contributed by atoms with Gasteiger partial charge in [0.05, 0.1) is 0 Å². The van der Waals surface area contributed by atoms with Crippen molar-refractivity contribution in [1.29, 1.82) is 0 Å². The summed E-state index contributed by atoms with van der Waals surface area (Å²) in [6, 6.07) is 14.3. The molecule has 2 amide bonds. The van der Waals surface area contributed by atoms with E-state index in [2.05, 4.69) is 32.0 Å². The summed E-state index contributed by atoms with van der Waals surface area (Å²) in [5.41, 5.74) is 5.54. The summed E-state index contributed by atoms with van der Waals surface area (Å²) < 4.78 is 0. The molecule has 27 heavy (non-hydrogen) atoms. The topological polar surface area (TPSA) is 40.6 Å². The molecule has 4 heteroatoms. The molecule has 0 fully saturated rings. The highest BCUT2D eigenvalue weighted by Gasteiger charge is 2.25. The van der Waals surface area contributed by atoms with Gasteiger partial charge < -0.3 is 9.80 Å². The second-order valence-corrected chi connectivity index (χ2v) is 6.98. The molecule has 0 atom stereocenters. The fourth-order valence-electron chi connectivity index (χ4n) is 3.93. The second-order valence-electron chi connectivity index (χ2n) is 6.98. The minimum absolute atomic E-state index is 0.0137. The molecule has 2 aromatic carbocycles. The highest BCUT2D eigenvalue weighted by Crippen LogP contribution is 2.30. The third-order valence-electron chi connectivity index (χ3n) is 5.35. The van der Waals surface area contributed by atoms with Crippen LogP contribution >= 0.6 is 0 Å². The summed E-state index contributed by atoms with van der Waals surface area (Å²) in [6.07, 6.45) is 2.95. The lowest BCUT2D eigenvalue weighted by Gasteiger charge is -2.27. The van der Waals surface area contributed by atoms with Crippen LogP contribution in [0, 0.1) is 0 Å². The van der Waals surface area contributed by atoms with Gasteiger partial charge in [0, 0.05) is 37.8 Å². The lowest BCUT2D eigenvalue weighted by atomic mass is 10.0. The standard InChI is InChI=1S/C23H28N2O2/c1-4-18-10-8-11-19(5-2)23(18)24(17(3)26)16-14-22(27)25-15-13-20-9-6-7-12-21(20)25/h6-12H,4-5,13-16H2,1-3H3. The summed E-state index contributed by atoms with van der Waals surface area (Å²) in [5, 5.41) is 0. The van der Waals surface area contributed by atoms with Gasteiger partial charge in [-0.2, -0.15) is 0 Å². The smallest absolute Gasteiger partial charge is 0.228 e. The maximum atomic E-state index is 12.9. The number of rotatable bonds is 6. The number of para-hydroxylation sites is 2. The molecule has 0 saturated heterocycles. The van der Waals surface area contributed by atoms with Gasteiger partial charge in [0.2, 0.25) is 11.8 Å². The average Bonchev–Trinajstić information content (AvgIpc) is 3.12. The zero-order valence-electron chi connectivity index (χ0n) is 16.5. The van der Waals surface area contributed by atoms with Crippen LogP contribution in [0.4, 0.5) is 11.4 Å². The molecule has 3 rings (SSSR count). The molecular formula is C23H28N2O2. The van der Waals surface area contributed by atoms with Crippen LogP contribution in [0.3, 0.4) is 0 Å². The molecule has 0 aliphatic carbocycles. The molecule has 1 aliphatic rings. The summed E-state index contributed by atoms with van der Waals surface area (Å²) in [5.74, 6) is 0.0680. The Morgan fingerprint density at radius 1 is 1.00 bits per heavy atom. The lowest BCUT2D eigenvalue weighted by molar-refractivity contribution is -0.118. The zero-order chi connectivity index (χ0) is 19.4. The van der Waals surface area contributed by atoms with Crippen molar-refractivity contribution in [2.24, 2.45) is 0 Å². The first-order valence-corrected chi connectivity index (χ1v) is 9.83. The number of nitrogens with zero attached hydrogens (tertiary/aromatic N) is 2. The number of aryl methyl sites for hydroxylation is 2. The molecule has 2 aromatic rings. The summed E-state index contributed by atoms with van der Waals surface area (Å²) in [7, 11) is 0. The molecule has 0 aromatic heterocycles. The molecule has 1 aliphatic heterocycles. The Kier molecular flexibility index (Phi) is 5.94. The molecule has 0 saturated carbocycles. The van der Waals surface area contributed by atoms with Crippen LogP contribution in [0.2, 0.25) is 0 Å². The Morgan fingerprint density at radius 2 is 1.67 bits per heavy atom. The fraction of sp³-hybridized carbons (Fsp3) is 0.391. The Bertz CT molecular complexity index is 822. The van der Waals surface area contributed by atoms with E-state index in [9.17, 15) is 9.59 Å². The van der Waals surface area contributed by atoms with Gasteiger partial charge >= 0.3 is 0 Å². The van der Waals surface area contributed by atoms with E-state index in [1.54, 1.807) is 11.8 Å². The van der Waals surface area contributed by atoms with Crippen molar-refractivity contribution in [2.45, 2.75) is 46.5 Å². The Labute approximate surface area is 161 Å². The first kappa shape index (κ1) is 19.2.